The quantitative estimate of drug-likeness (QED) is 0.311. The zero-order valence-electron chi connectivity index (χ0n) is 21.9. The molecule has 8 heteroatoms. The molecule has 0 amide bonds. The molecule has 2 aliphatic carbocycles. The number of carbonyl (C=O) groups is 1. The van der Waals surface area contributed by atoms with Gasteiger partial charge in [0.1, 0.15) is 17.4 Å². The minimum absolute atomic E-state index is 0.117. The minimum Gasteiger partial charge on any atom is -0.300 e. The van der Waals surface area contributed by atoms with E-state index in [4.69, 9.17) is 4.98 Å². The molecule has 38 heavy (non-hydrogen) atoms. The van der Waals surface area contributed by atoms with Crippen molar-refractivity contribution in [3.8, 4) is 22.5 Å². The summed E-state index contributed by atoms with van der Waals surface area (Å²) in [5.41, 5.74) is 3.79. The zero-order valence-corrected chi connectivity index (χ0v) is 21.9. The lowest BCUT2D eigenvalue weighted by Gasteiger charge is -2.37. The van der Waals surface area contributed by atoms with Gasteiger partial charge < -0.3 is 0 Å². The first-order valence-electron chi connectivity index (χ1n) is 13.0. The Labute approximate surface area is 220 Å². The van der Waals surface area contributed by atoms with Crippen LogP contribution in [-0.2, 0) is 16.8 Å². The van der Waals surface area contributed by atoms with Crippen molar-refractivity contribution in [1.82, 2.24) is 25.0 Å². The van der Waals surface area contributed by atoms with E-state index in [9.17, 15) is 13.6 Å². The van der Waals surface area contributed by atoms with Crippen molar-refractivity contribution < 1.29 is 13.6 Å². The molecule has 0 N–H and O–H groups in total. The number of benzene rings is 1. The van der Waals surface area contributed by atoms with E-state index in [-0.39, 0.29) is 34.3 Å². The first-order valence-corrected chi connectivity index (χ1v) is 13.0. The van der Waals surface area contributed by atoms with E-state index < -0.39 is 17.0 Å². The van der Waals surface area contributed by atoms with E-state index in [1.807, 2.05) is 37.4 Å². The molecular formula is C30H29F2N5O. The predicted octanol–water partition coefficient (Wildman–Crippen LogP) is 6.11. The number of carbonyl (C=O) groups excluding carboxylic acids is 1. The van der Waals surface area contributed by atoms with Crippen molar-refractivity contribution in [1.29, 1.82) is 0 Å². The number of pyridine rings is 1. The van der Waals surface area contributed by atoms with Crippen LogP contribution in [0.15, 0.2) is 54.9 Å². The monoisotopic (exact) mass is 513 g/mol. The van der Waals surface area contributed by atoms with Crippen LogP contribution in [0.5, 0.6) is 0 Å². The topological polar surface area (TPSA) is 73.6 Å². The summed E-state index contributed by atoms with van der Waals surface area (Å²) in [6, 6.07) is 11.6. The van der Waals surface area contributed by atoms with Crippen LogP contribution in [0, 0.1) is 23.0 Å². The molecule has 0 spiro atoms. The second-order valence-electron chi connectivity index (χ2n) is 11.2. The van der Waals surface area contributed by atoms with Crippen LogP contribution < -0.4 is 0 Å². The summed E-state index contributed by atoms with van der Waals surface area (Å²) in [4.78, 5) is 16.8. The van der Waals surface area contributed by atoms with Crippen LogP contribution >= 0.6 is 0 Å². The predicted molar refractivity (Wildman–Crippen MR) is 139 cm³/mol. The van der Waals surface area contributed by atoms with Gasteiger partial charge >= 0.3 is 0 Å². The number of ketones is 1. The van der Waals surface area contributed by atoms with E-state index in [2.05, 4.69) is 29.1 Å². The summed E-state index contributed by atoms with van der Waals surface area (Å²) in [5, 5.41) is 13.4. The molecule has 3 atom stereocenters. The van der Waals surface area contributed by atoms with Gasteiger partial charge in [-0.25, -0.2) is 8.78 Å². The summed E-state index contributed by atoms with van der Waals surface area (Å²) in [7, 11) is 0. The van der Waals surface area contributed by atoms with Gasteiger partial charge in [0.05, 0.1) is 46.5 Å². The third-order valence-corrected chi connectivity index (χ3v) is 8.87. The Bertz CT molecular complexity index is 1560. The third-order valence-electron chi connectivity index (χ3n) is 8.87. The Kier molecular flexibility index (Phi) is 5.56. The van der Waals surface area contributed by atoms with Crippen molar-refractivity contribution in [2.24, 2.45) is 11.3 Å². The molecule has 0 radical (unpaired) electrons. The minimum atomic E-state index is -0.649. The lowest BCUT2D eigenvalue weighted by Crippen LogP contribution is -2.37. The van der Waals surface area contributed by atoms with Crippen LogP contribution in [0.4, 0.5) is 8.78 Å². The van der Waals surface area contributed by atoms with Crippen LogP contribution in [-0.4, -0.2) is 30.7 Å². The normalized spacial score (nSPS) is 21.9. The highest BCUT2D eigenvalue weighted by Crippen LogP contribution is 2.69. The summed E-state index contributed by atoms with van der Waals surface area (Å²) in [5.74, 6) is -1.12. The number of rotatable bonds is 6. The average Bonchev–Trinajstić information content (AvgIpc) is 3.51. The molecule has 1 aromatic carbocycles. The van der Waals surface area contributed by atoms with E-state index in [1.54, 1.807) is 17.8 Å². The molecule has 2 aliphatic rings. The van der Waals surface area contributed by atoms with Gasteiger partial charge in [-0.1, -0.05) is 32.9 Å². The zero-order chi connectivity index (χ0) is 26.8. The molecule has 0 saturated heterocycles. The van der Waals surface area contributed by atoms with Crippen LogP contribution in [0.3, 0.4) is 0 Å². The van der Waals surface area contributed by atoms with Gasteiger partial charge in [-0.3, -0.25) is 14.5 Å². The fourth-order valence-corrected chi connectivity index (χ4v) is 6.59. The molecule has 0 unspecified atom stereocenters. The lowest BCUT2D eigenvalue weighted by atomic mass is 9.66. The largest absolute Gasteiger partial charge is 0.300 e. The van der Waals surface area contributed by atoms with Crippen molar-refractivity contribution in [2.45, 2.75) is 58.4 Å². The highest BCUT2D eigenvalue weighted by atomic mass is 19.1. The molecule has 1 saturated carbocycles. The van der Waals surface area contributed by atoms with E-state index in [1.165, 1.54) is 18.2 Å². The standard InChI is InChI=1S/C30H29F2N5O/c1-17(18(2)38)15-37-16-19(14-33-37)24-9-6-10-26(34-24)30-12-11-21(29(30,3)4)20-13-25(35-36-28(20)30)27-22(31)7-5-8-23(27)32/h5-10,13-14,16-17,21H,11-12,15H2,1-4H3/t17-,21-,30-/m0/s1. The fourth-order valence-electron chi connectivity index (χ4n) is 6.59. The number of hydrogen-bond acceptors (Lipinski definition) is 5. The van der Waals surface area contributed by atoms with E-state index >= 15 is 0 Å². The van der Waals surface area contributed by atoms with Crippen molar-refractivity contribution >= 4 is 5.78 Å². The molecule has 3 aromatic heterocycles. The molecule has 2 bridgehead atoms. The van der Waals surface area contributed by atoms with Gasteiger partial charge in [0, 0.05) is 17.7 Å². The maximum atomic E-state index is 14.5. The number of hydrogen-bond donors (Lipinski definition) is 0. The number of aromatic nitrogens is 5. The van der Waals surface area contributed by atoms with Gasteiger partial charge in [-0.2, -0.15) is 10.2 Å². The molecule has 6 rings (SSSR count). The summed E-state index contributed by atoms with van der Waals surface area (Å²) in [6.07, 6.45) is 5.49. The van der Waals surface area contributed by atoms with Gasteiger partial charge in [0.15, 0.2) is 0 Å². The number of Topliss-reactive ketones (excluding diaryl/α,β-unsaturated/α-hetero) is 1. The fraction of sp³-hybridized carbons (Fsp3) is 0.367. The second kappa shape index (κ2) is 8.61. The lowest BCUT2D eigenvalue weighted by molar-refractivity contribution is -0.120. The van der Waals surface area contributed by atoms with Gasteiger partial charge in [-0.15, -0.1) is 5.10 Å². The van der Waals surface area contributed by atoms with Crippen LogP contribution in [0.1, 0.15) is 63.4 Å². The van der Waals surface area contributed by atoms with E-state index in [0.29, 0.717) is 6.54 Å². The Morgan fingerprint density at radius 1 is 1.11 bits per heavy atom. The molecule has 194 valence electrons. The average molecular weight is 514 g/mol. The first kappa shape index (κ1) is 24.5. The highest BCUT2D eigenvalue weighted by Gasteiger charge is 2.65. The summed E-state index contributed by atoms with van der Waals surface area (Å²) >= 11 is 0. The molecule has 4 aromatic rings. The molecule has 1 fully saturated rings. The summed E-state index contributed by atoms with van der Waals surface area (Å²) in [6.45, 7) is 8.46. The van der Waals surface area contributed by atoms with Crippen LogP contribution in [0.2, 0.25) is 0 Å². The molecule has 6 nitrogen and oxygen atoms in total. The van der Waals surface area contributed by atoms with Crippen molar-refractivity contribution in [2.75, 3.05) is 0 Å². The van der Waals surface area contributed by atoms with Crippen molar-refractivity contribution in [3.05, 3.63) is 83.4 Å². The maximum Gasteiger partial charge on any atom is 0.135 e. The Morgan fingerprint density at radius 2 is 1.84 bits per heavy atom. The number of fused-ring (bicyclic) bond motifs is 5. The second-order valence-corrected chi connectivity index (χ2v) is 11.2. The summed E-state index contributed by atoms with van der Waals surface area (Å²) < 4.78 is 30.9. The molecule has 3 heterocycles. The van der Waals surface area contributed by atoms with Crippen molar-refractivity contribution in [3.63, 3.8) is 0 Å². The highest BCUT2D eigenvalue weighted by molar-refractivity contribution is 5.77. The molecule has 0 aliphatic heterocycles. The van der Waals surface area contributed by atoms with Gasteiger partial charge in [0.2, 0.25) is 0 Å². The third kappa shape index (κ3) is 3.46. The first-order chi connectivity index (χ1) is 18.1. The Hall–Kier alpha value is -3.81. The maximum absolute atomic E-state index is 14.5. The van der Waals surface area contributed by atoms with Gasteiger partial charge in [0.25, 0.3) is 0 Å². The SMILES string of the molecule is CC(=O)[C@@H](C)Cn1cc(-c2cccc([C@@]34CC[C@@H](c5cc(-c6c(F)cccc6F)nnc53)C4(C)C)n2)cn1. The molecular weight excluding hydrogens is 484 g/mol. The van der Waals surface area contributed by atoms with Crippen LogP contribution in [0.25, 0.3) is 22.5 Å². The number of halogens is 2. The Morgan fingerprint density at radius 3 is 2.58 bits per heavy atom. The smallest absolute Gasteiger partial charge is 0.135 e. The Balaban J connectivity index is 1.42. The van der Waals surface area contributed by atoms with Gasteiger partial charge in [-0.05, 0) is 67.0 Å². The number of nitrogens with zero attached hydrogens (tertiary/aromatic N) is 5. The van der Waals surface area contributed by atoms with E-state index in [0.717, 1.165) is 41.1 Å².